The number of anilines is 1. The molecule has 10 heteroatoms. The van der Waals surface area contributed by atoms with Crippen LogP contribution >= 0.6 is 0 Å². The second-order valence-corrected chi connectivity index (χ2v) is 10.8. The van der Waals surface area contributed by atoms with Crippen molar-refractivity contribution >= 4 is 21.6 Å². The predicted octanol–water partition coefficient (Wildman–Crippen LogP) is 5.81. The summed E-state index contributed by atoms with van der Waals surface area (Å²) in [6.45, 7) is 3.26. The van der Waals surface area contributed by atoms with E-state index < -0.39 is 40.3 Å². The fourth-order valence-corrected chi connectivity index (χ4v) is 5.26. The van der Waals surface area contributed by atoms with Crippen LogP contribution < -0.4 is 14.4 Å². The van der Waals surface area contributed by atoms with Gasteiger partial charge in [0.05, 0.1) is 29.3 Å². The van der Waals surface area contributed by atoms with E-state index >= 15 is 0 Å². The van der Waals surface area contributed by atoms with Crippen molar-refractivity contribution in [1.29, 1.82) is 0 Å². The number of carbonyl (C=O) groups is 1. The lowest BCUT2D eigenvalue weighted by atomic mass is 9.97. The highest BCUT2D eigenvalue weighted by molar-refractivity contribution is 7.92. The average Bonchev–Trinajstić information content (AvgIpc) is 2.86. The van der Waals surface area contributed by atoms with E-state index in [9.17, 15) is 26.4 Å². The van der Waals surface area contributed by atoms with E-state index in [0.29, 0.717) is 16.5 Å². The summed E-state index contributed by atoms with van der Waals surface area (Å²) in [6.07, 6.45) is -4.12. The van der Waals surface area contributed by atoms with Crippen molar-refractivity contribution in [2.45, 2.75) is 37.4 Å². The van der Waals surface area contributed by atoms with E-state index in [1.807, 2.05) is 13.8 Å². The van der Waals surface area contributed by atoms with Gasteiger partial charge in [-0.2, -0.15) is 13.2 Å². The van der Waals surface area contributed by atoms with E-state index in [1.54, 1.807) is 30.3 Å². The van der Waals surface area contributed by atoms with Crippen LogP contribution in [-0.2, 0) is 21.0 Å². The standard InChI is InChI=1S/C27H29F3N2O4S/c1-19(2)16-25(20-12-14-23(36-3)15-13-20)31-26(33)18-32(37(34,35)24-10-5-4-6-11-24)22-9-7-8-21(17-22)27(28,29)30/h4-15,17,19,25H,16,18H2,1-3H3,(H,31,33)/t25-/m1/s1. The van der Waals surface area contributed by atoms with Gasteiger partial charge >= 0.3 is 6.18 Å². The Kier molecular flexibility index (Phi) is 8.85. The maximum Gasteiger partial charge on any atom is 0.416 e. The first-order valence-corrected chi connectivity index (χ1v) is 13.0. The fourth-order valence-electron chi connectivity index (χ4n) is 3.83. The zero-order chi connectivity index (χ0) is 27.2. The molecule has 0 aliphatic carbocycles. The number of benzene rings is 3. The van der Waals surface area contributed by atoms with E-state index in [2.05, 4.69) is 5.32 Å². The zero-order valence-corrected chi connectivity index (χ0v) is 21.5. The largest absolute Gasteiger partial charge is 0.497 e. The summed E-state index contributed by atoms with van der Waals surface area (Å²) in [7, 11) is -2.82. The minimum atomic E-state index is -4.68. The van der Waals surface area contributed by atoms with Crippen LogP contribution in [0.5, 0.6) is 5.75 Å². The number of nitrogens with one attached hydrogen (secondary N) is 1. The SMILES string of the molecule is COc1ccc([C@@H](CC(C)C)NC(=O)CN(c2cccc(C(F)(F)F)c2)S(=O)(=O)c2ccccc2)cc1. The van der Waals surface area contributed by atoms with Crippen molar-refractivity contribution < 1.29 is 31.1 Å². The number of nitrogens with zero attached hydrogens (tertiary/aromatic N) is 1. The lowest BCUT2D eigenvalue weighted by Gasteiger charge is -2.27. The molecule has 0 heterocycles. The molecule has 37 heavy (non-hydrogen) atoms. The topological polar surface area (TPSA) is 75.7 Å². The highest BCUT2D eigenvalue weighted by Crippen LogP contribution is 2.33. The van der Waals surface area contributed by atoms with Gasteiger partial charge in [-0.15, -0.1) is 0 Å². The number of carbonyl (C=O) groups excluding carboxylic acids is 1. The van der Waals surface area contributed by atoms with Crippen LogP contribution in [0.15, 0.2) is 83.8 Å². The second-order valence-electron chi connectivity index (χ2n) is 8.90. The number of alkyl halides is 3. The molecule has 1 N–H and O–H groups in total. The van der Waals surface area contributed by atoms with Crippen molar-refractivity contribution in [3.05, 3.63) is 90.0 Å². The maximum absolute atomic E-state index is 13.5. The van der Waals surface area contributed by atoms with E-state index in [-0.39, 0.29) is 16.5 Å². The summed E-state index contributed by atoms with van der Waals surface area (Å²) >= 11 is 0. The summed E-state index contributed by atoms with van der Waals surface area (Å²) < 4.78 is 73.0. The van der Waals surface area contributed by atoms with Crippen LogP contribution in [0.1, 0.15) is 37.4 Å². The number of hydrogen-bond acceptors (Lipinski definition) is 4. The molecule has 3 rings (SSSR count). The number of halogens is 3. The molecular weight excluding hydrogens is 505 g/mol. The first-order valence-electron chi connectivity index (χ1n) is 11.6. The summed E-state index contributed by atoms with van der Waals surface area (Å²) in [5, 5.41) is 2.86. The van der Waals surface area contributed by atoms with Crippen molar-refractivity contribution in [1.82, 2.24) is 5.32 Å². The molecule has 0 fully saturated rings. The molecule has 6 nitrogen and oxygen atoms in total. The van der Waals surface area contributed by atoms with Crippen molar-refractivity contribution in [3.63, 3.8) is 0 Å². The highest BCUT2D eigenvalue weighted by atomic mass is 32.2. The predicted molar refractivity (Wildman–Crippen MR) is 136 cm³/mol. The lowest BCUT2D eigenvalue weighted by molar-refractivity contribution is -0.137. The molecule has 1 amide bonds. The summed E-state index contributed by atoms with van der Waals surface area (Å²) in [5.41, 5.74) is -0.493. The maximum atomic E-state index is 13.5. The van der Waals surface area contributed by atoms with Gasteiger partial charge in [0.15, 0.2) is 0 Å². The van der Waals surface area contributed by atoms with Gasteiger partial charge in [0.25, 0.3) is 10.0 Å². The summed E-state index contributed by atoms with van der Waals surface area (Å²) in [4.78, 5) is 13.1. The molecule has 3 aromatic rings. The third kappa shape index (κ3) is 7.25. The zero-order valence-electron chi connectivity index (χ0n) is 20.7. The highest BCUT2D eigenvalue weighted by Gasteiger charge is 2.33. The fraction of sp³-hybridized carbons (Fsp3) is 0.296. The van der Waals surface area contributed by atoms with Crippen molar-refractivity contribution in [2.75, 3.05) is 18.0 Å². The van der Waals surface area contributed by atoms with E-state index in [4.69, 9.17) is 4.74 Å². The Balaban J connectivity index is 1.97. The van der Waals surface area contributed by atoms with Gasteiger partial charge in [-0.1, -0.05) is 50.2 Å². The number of ether oxygens (including phenoxy) is 1. The molecule has 0 radical (unpaired) electrons. The van der Waals surface area contributed by atoms with Gasteiger partial charge in [-0.05, 0) is 60.4 Å². The molecule has 0 bridgehead atoms. The van der Waals surface area contributed by atoms with Gasteiger partial charge in [-0.25, -0.2) is 8.42 Å². The monoisotopic (exact) mass is 534 g/mol. The smallest absolute Gasteiger partial charge is 0.416 e. The number of hydrogen-bond donors (Lipinski definition) is 1. The molecule has 0 unspecified atom stereocenters. The van der Waals surface area contributed by atoms with Crippen LogP contribution in [0.4, 0.5) is 18.9 Å². The van der Waals surface area contributed by atoms with Crippen molar-refractivity contribution in [3.8, 4) is 5.75 Å². The third-order valence-electron chi connectivity index (χ3n) is 5.64. The first kappa shape index (κ1) is 28.0. The van der Waals surface area contributed by atoms with E-state index in [0.717, 1.165) is 23.8 Å². The number of amides is 1. The molecule has 0 aromatic heterocycles. The Labute approximate surface area is 215 Å². The van der Waals surface area contributed by atoms with E-state index in [1.165, 1.54) is 37.4 Å². The quantitative estimate of drug-likeness (QED) is 0.356. The lowest BCUT2D eigenvalue weighted by Crippen LogP contribution is -2.42. The number of methoxy groups -OCH3 is 1. The van der Waals surface area contributed by atoms with Crippen LogP contribution in [0.2, 0.25) is 0 Å². The average molecular weight is 535 g/mol. The molecular formula is C27H29F3N2O4S. The van der Waals surface area contributed by atoms with Gasteiger partial charge in [0.2, 0.25) is 5.91 Å². The Morgan fingerprint density at radius 2 is 1.62 bits per heavy atom. The number of sulfonamides is 1. The minimum Gasteiger partial charge on any atom is -0.497 e. The Morgan fingerprint density at radius 1 is 0.973 bits per heavy atom. The van der Waals surface area contributed by atoms with Crippen LogP contribution in [-0.4, -0.2) is 28.0 Å². The Morgan fingerprint density at radius 3 is 2.19 bits per heavy atom. The van der Waals surface area contributed by atoms with Crippen molar-refractivity contribution in [2.24, 2.45) is 5.92 Å². The minimum absolute atomic E-state index is 0.144. The molecule has 3 aromatic carbocycles. The van der Waals surface area contributed by atoms with Crippen LogP contribution in [0, 0.1) is 5.92 Å². The summed E-state index contributed by atoms with van der Waals surface area (Å²) in [5.74, 6) is 0.182. The first-order chi connectivity index (χ1) is 17.4. The summed E-state index contributed by atoms with van der Waals surface area (Å²) in [6, 6.07) is 17.9. The number of rotatable bonds is 10. The normalized spacial score (nSPS) is 12.7. The van der Waals surface area contributed by atoms with Gasteiger partial charge < -0.3 is 10.1 Å². The van der Waals surface area contributed by atoms with Gasteiger partial charge in [0.1, 0.15) is 12.3 Å². The molecule has 0 saturated heterocycles. The molecule has 198 valence electrons. The molecule has 0 spiro atoms. The third-order valence-corrected chi connectivity index (χ3v) is 7.43. The molecule has 0 aliphatic rings. The van der Waals surface area contributed by atoms with Gasteiger partial charge in [-0.3, -0.25) is 9.10 Å². The molecule has 0 aliphatic heterocycles. The van der Waals surface area contributed by atoms with Gasteiger partial charge in [0, 0.05) is 0 Å². The molecule has 0 saturated carbocycles. The van der Waals surface area contributed by atoms with Crippen LogP contribution in [0.25, 0.3) is 0 Å². The van der Waals surface area contributed by atoms with Crippen LogP contribution in [0.3, 0.4) is 0 Å². The Bertz CT molecular complexity index is 1300. The Hall–Kier alpha value is -3.53. The second kappa shape index (κ2) is 11.7. The molecule has 1 atom stereocenters.